The third-order valence-corrected chi connectivity index (χ3v) is 5.96. The minimum atomic E-state index is -4.31. The van der Waals surface area contributed by atoms with E-state index in [9.17, 15) is 13.2 Å². The van der Waals surface area contributed by atoms with Gasteiger partial charge in [0.15, 0.2) is 5.82 Å². The molecule has 184 valence electrons. The number of halogens is 3. The van der Waals surface area contributed by atoms with Gasteiger partial charge in [0.2, 0.25) is 0 Å². The van der Waals surface area contributed by atoms with Crippen LogP contribution in [0.2, 0.25) is 0 Å². The van der Waals surface area contributed by atoms with E-state index in [2.05, 4.69) is 22.0 Å². The van der Waals surface area contributed by atoms with E-state index in [4.69, 9.17) is 4.52 Å². The molecule has 2 aromatic carbocycles. The highest BCUT2D eigenvalue weighted by Gasteiger charge is 2.29. The first-order valence-electron chi connectivity index (χ1n) is 12.2. The Hall–Kier alpha value is -2.67. The normalized spacial score (nSPS) is 11.9. The highest BCUT2D eigenvalue weighted by Crippen LogP contribution is 2.29. The number of benzene rings is 2. The molecule has 0 unspecified atom stereocenters. The Balaban J connectivity index is 1.51. The molecule has 0 saturated heterocycles. The van der Waals surface area contributed by atoms with Crippen LogP contribution < -0.4 is 0 Å². The molecule has 0 radical (unpaired) electrons. The van der Waals surface area contributed by atoms with Crippen molar-refractivity contribution in [3.05, 3.63) is 71.0 Å². The molecule has 0 aliphatic heterocycles. The number of hydrogen-bond acceptors (Lipinski definition) is 4. The van der Waals surface area contributed by atoms with Crippen molar-refractivity contribution in [3.63, 3.8) is 0 Å². The maximum atomic E-state index is 12.8. The third kappa shape index (κ3) is 7.97. The average molecular weight is 474 g/mol. The fourth-order valence-electron chi connectivity index (χ4n) is 3.88. The van der Waals surface area contributed by atoms with Gasteiger partial charge in [-0.1, -0.05) is 75.4 Å². The molecule has 0 saturated carbocycles. The summed E-state index contributed by atoms with van der Waals surface area (Å²) in [5, 5.41) is 4.11. The summed E-state index contributed by atoms with van der Waals surface area (Å²) >= 11 is 0. The highest BCUT2D eigenvalue weighted by molar-refractivity contribution is 5.53. The van der Waals surface area contributed by atoms with Crippen LogP contribution in [0.25, 0.3) is 11.5 Å². The first-order chi connectivity index (χ1) is 16.4. The van der Waals surface area contributed by atoms with Crippen LogP contribution >= 0.6 is 0 Å². The summed E-state index contributed by atoms with van der Waals surface area (Å²) in [5.41, 5.74) is 2.24. The lowest BCUT2D eigenvalue weighted by Crippen LogP contribution is -2.22. The van der Waals surface area contributed by atoms with E-state index < -0.39 is 11.7 Å². The van der Waals surface area contributed by atoms with Gasteiger partial charge in [0.05, 0.1) is 5.56 Å². The van der Waals surface area contributed by atoms with Gasteiger partial charge in [-0.2, -0.15) is 18.2 Å². The number of unbranched alkanes of at least 4 members (excludes halogenated alkanes) is 5. The zero-order chi connectivity index (χ0) is 24.4. The SMILES string of the molecule is CCCCCCCCc1noc(-c2ccc(CN(CC)Cc3ccc(C(F)(F)F)cc3)cc2)n1. The molecule has 0 aliphatic carbocycles. The fourth-order valence-corrected chi connectivity index (χ4v) is 3.88. The number of alkyl halides is 3. The highest BCUT2D eigenvalue weighted by atomic mass is 19.4. The van der Waals surface area contributed by atoms with Crippen molar-refractivity contribution in [1.29, 1.82) is 0 Å². The van der Waals surface area contributed by atoms with Crippen LogP contribution in [0.1, 0.15) is 74.9 Å². The Morgan fingerprint density at radius 1 is 0.794 bits per heavy atom. The minimum Gasteiger partial charge on any atom is -0.334 e. The number of aryl methyl sites for hydroxylation is 1. The zero-order valence-corrected chi connectivity index (χ0v) is 20.1. The summed E-state index contributed by atoms with van der Waals surface area (Å²) in [5.74, 6) is 1.29. The Morgan fingerprint density at radius 3 is 1.97 bits per heavy atom. The molecule has 3 aromatic rings. The topological polar surface area (TPSA) is 42.2 Å². The molecule has 0 N–H and O–H groups in total. The van der Waals surface area contributed by atoms with Gasteiger partial charge in [-0.3, -0.25) is 4.90 Å². The van der Waals surface area contributed by atoms with Crippen molar-refractivity contribution in [3.8, 4) is 11.5 Å². The van der Waals surface area contributed by atoms with Crippen LogP contribution in [0.3, 0.4) is 0 Å². The lowest BCUT2D eigenvalue weighted by Gasteiger charge is -2.21. The van der Waals surface area contributed by atoms with E-state index in [1.54, 1.807) is 12.1 Å². The monoisotopic (exact) mass is 473 g/mol. The maximum Gasteiger partial charge on any atom is 0.416 e. The number of nitrogens with zero attached hydrogens (tertiary/aromatic N) is 3. The van der Waals surface area contributed by atoms with E-state index in [1.165, 1.54) is 32.1 Å². The smallest absolute Gasteiger partial charge is 0.334 e. The van der Waals surface area contributed by atoms with Gasteiger partial charge >= 0.3 is 6.18 Å². The summed E-state index contributed by atoms with van der Waals surface area (Å²) in [6.07, 6.45) is 3.90. The van der Waals surface area contributed by atoms with E-state index in [1.807, 2.05) is 31.2 Å². The predicted octanol–water partition coefficient (Wildman–Crippen LogP) is 7.68. The second-order valence-electron chi connectivity index (χ2n) is 8.73. The second-order valence-corrected chi connectivity index (χ2v) is 8.73. The van der Waals surface area contributed by atoms with Crippen LogP contribution in [0.15, 0.2) is 53.1 Å². The number of hydrogen-bond donors (Lipinski definition) is 0. The largest absolute Gasteiger partial charge is 0.416 e. The Morgan fingerprint density at radius 2 is 1.38 bits per heavy atom. The molecule has 34 heavy (non-hydrogen) atoms. The Kier molecular flexibility index (Phi) is 9.69. The minimum absolute atomic E-state index is 0.532. The molecule has 0 amide bonds. The van der Waals surface area contributed by atoms with Gasteiger partial charge in [-0.05, 0) is 48.4 Å². The summed E-state index contributed by atoms with van der Waals surface area (Å²) < 4.78 is 43.8. The van der Waals surface area contributed by atoms with Crippen LogP contribution in [-0.4, -0.2) is 21.6 Å². The second kappa shape index (κ2) is 12.7. The summed E-state index contributed by atoms with van der Waals surface area (Å²) in [6.45, 7) is 6.33. The van der Waals surface area contributed by atoms with E-state index in [0.717, 1.165) is 54.0 Å². The van der Waals surface area contributed by atoms with Crippen molar-refractivity contribution < 1.29 is 17.7 Å². The predicted molar refractivity (Wildman–Crippen MR) is 128 cm³/mol. The molecule has 3 rings (SSSR count). The van der Waals surface area contributed by atoms with Crippen LogP contribution in [0, 0.1) is 0 Å². The molecule has 0 spiro atoms. The first-order valence-corrected chi connectivity index (χ1v) is 12.2. The summed E-state index contributed by atoms with van der Waals surface area (Å²) in [4.78, 5) is 6.72. The van der Waals surface area contributed by atoms with Gasteiger partial charge in [0, 0.05) is 25.1 Å². The van der Waals surface area contributed by atoms with E-state index in [-0.39, 0.29) is 0 Å². The van der Waals surface area contributed by atoms with Gasteiger partial charge in [0.1, 0.15) is 0 Å². The molecule has 0 atom stereocenters. The summed E-state index contributed by atoms with van der Waals surface area (Å²) in [7, 11) is 0. The van der Waals surface area contributed by atoms with Gasteiger partial charge < -0.3 is 4.52 Å². The maximum absolute atomic E-state index is 12.8. The fraction of sp³-hybridized carbons (Fsp3) is 0.481. The molecule has 1 heterocycles. The van der Waals surface area contributed by atoms with Gasteiger partial charge in [-0.15, -0.1) is 0 Å². The van der Waals surface area contributed by atoms with Crippen molar-refractivity contribution in [2.75, 3.05) is 6.54 Å². The van der Waals surface area contributed by atoms with Crippen LogP contribution in [0.5, 0.6) is 0 Å². The van der Waals surface area contributed by atoms with Gasteiger partial charge in [0.25, 0.3) is 5.89 Å². The van der Waals surface area contributed by atoms with E-state index in [0.29, 0.717) is 19.0 Å². The van der Waals surface area contributed by atoms with E-state index >= 15 is 0 Å². The molecule has 0 bridgehead atoms. The van der Waals surface area contributed by atoms with Crippen LogP contribution in [0.4, 0.5) is 13.2 Å². The molecular weight excluding hydrogens is 439 g/mol. The Labute approximate surface area is 200 Å². The average Bonchev–Trinajstić information content (AvgIpc) is 3.30. The van der Waals surface area contributed by atoms with Crippen molar-refractivity contribution >= 4 is 0 Å². The molecule has 7 heteroatoms. The standard InChI is InChI=1S/C27H34F3N3O/c1-3-5-6-7-8-9-10-25-31-26(34-32-25)23-15-11-21(12-16-23)19-33(4-2)20-22-13-17-24(18-14-22)27(28,29)30/h11-18H,3-10,19-20H2,1-2H3. The number of rotatable bonds is 13. The lowest BCUT2D eigenvalue weighted by atomic mass is 10.1. The Bertz CT molecular complexity index is 982. The number of aromatic nitrogens is 2. The molecule has 1 aromatic heterocycles. The molecular formula is C27H34F3N3O. The van der Waals surface area contributed by atoms with Crippen LogP contribution in [-0.2, 0) is 25.7 Å². The van der Waals surface area contributed by atoms with Crippen molar-refractivity contribution in [2.45, 2.75) is 78.1 Å². The van der Waals surface area contributed by atoms with Crippen molar-refractivity contribution in [2.24, 2.45) is 0 Å². The summed E-state index contributed by atoms with van der Waals surface area (Å²) in [6, 6.07) is 13.4. The van der Waals surface area contributed by atoms with Crippen molar-refractivity contribution in [1.82, 2.24) is 15.0 Å². The molecule has 0 fully saturated rings. The van der Waals surface area contributed by atoms with Gasteiger partial charge in [-0.25, -0.2) is 0 Å². The molecule has 4 nitrogen and oxygen atoms in total. The molecule has 0 aliphatic rings. The third-order valence-electron chi connectivity index (χ3n) is 5.96. The lowest BCUT2D eigenvalue weighted by molar-refractivity contribution is -0.137. The first kappa shape index (κ1) is 25.9. The quantitative estimate of drug-likeness (QED) is 0.239. The zero-order valence-electron chi connectivity index (χ0n) is 20.1.